The third-order valence-electron chi connectivity index (χ3n) is 4.03. The van der Waals surface area contributed by atoms with Gasteiger partial charge in [0.15, 0.2) is 10.9 Å². The van der Waals surface area contributed by atoms with E-state index in [1.807, 2.05) is 0 Å². The first-order valence-electron chi connectivity index (χ1n) is 7.99. The third-order valence-corrected chi connectivity index (χ3v) is 6.66. The van der Waals surface area contributed by atoms with Gasteiger partial charge in [-0.25, -0.2) is 18.4 Å². The Morgan fingerprint density at radius 1 is 1.23 bits per heavy atom. The highest BCUT2D eigenvalue weighted by Crippen LogP contribution is 2.31. The van der Waals surface area contributed by atoms with Crippen molar-refractivity contribution in [2.24, 2.45) is 0 Å². The Balaban J connectivity index is 1.74. The predicted molar refractivity (Wildman–Crippen MR) is 103 cm³/mol. The molecule has 0 amide bonds. The molecule has 0 spiro atoms. The number of Topliss-reactive ketones (excluding diaryl/α,β-unsaturated/α-hetero) is 1. The van der Waals surface area contributed by atoms with Crippen molar-refractivity contribution in [3.05, 3.63) is 35.4 Å². The van der Waals surface area contributed by atoms with Crippen molar-refractivity contribution in [1.82, 2.24) is 9.97 Å². The van der Waals surface area contributed by atoms with Crippen LogP contribution in [0.3, 0.4) is 0 Å². The van der Waals surface area contributed by atoms with Gasteiger partial charge in [0.25, 0.3) is 0 Å². The number of benzene rings is 1. The molecule has 1 aliphatic heterocycles. The molecule has 0 saturated heterocycles. The number of nitrogens with two attached hydrogens (primary N) is 2. The minimum Gasteiger partial charge on any atom is -0.383 e. The van der Waals surface area contributed by atoms with Gasteiger partial charge >= 0.3 is 0 Å². The van der Waals surface area contributed by atoms with Crippen molar-refractivity contribution in [2.45, 2.75) is 18.5 Å². The maximum absolute atomic E-state index is 12.5. The number of carbonyl (C=O) groups is 1. The van der Waals surface area contributed by atoms with Gasteiger partial charge in [0, 0.05) is 18.2 Å². The van der Waals surface area contributed by atoms with E-state index in [-0.39, 0.29) is 28.9 Å². The Hall–Kier alpha value is -2.33. The molecule has 1 aliphatic rings. The molecule has 1 aromatic carbocycles. The Labute approximate surface area is 156 Å². The number of hydrogen-bond acceptors (Lipinski definition) is 8. The first-order valence-corrected chi connectivity index (χ1v) is 10.6. The number of nitrogen functional groups attached to an aromatic ring is 2. The summed E-state index contributed by atoms with van der Waals surface area (Å²) in [5, 5.41) is 0.345. The van der Waals surface area contributed by atoms with E-state index < -0.39 is 10.0 Å². The summed E-state index contributed by atoms with van der Waals surface area (Å²) < 4.78 is 25.6. The van der Waals surface area contributed by atoms with Crippen LogP contribution in [0, 0.1) is 0 Å². The second-order valence-electron chi connectivity index (χ2n) is 5.78. The monoisotopic (exact) mass is 393 g/mol. The first kappa shape index (κ1) is 18.5. The standard InChI is InChI=1S/C16H19N5O3S2/c1-2-26(23,24)21-6-5-10-7-11(3-4-12(10)21)13(22)9-25-16-19-14(17)8-15(18)20-16/h3-4,7-8H,2,5-6,9H2,1H3,(H4,17,18,19,20). The second kappa shape index (κ2) is 7.12. The van der Waals surface area contributed by atoms with E-state index in [0.717, 1.165) is 17.3 Å². The average molecular weight is 393 g/mol. The maximum Gasteiger partial charge on any atom is 0.234 e. The van der Waals surface area contributed by atoms with Gasteiger partial charge in [0.1, 0.15) is 11.6 Å². The molecular formula is C16H19N5O3S2. The van der Waals surface area contributed by atoms with Crippen molar-refractivity contribution in [3.63, 3.8) is 0 Å². The van der Waals surface area contributed by atoms with Gasteiger partial charge in [-0.05, 0) is 37.1 Å². The fourth-order valence-corrected chi connectivity index (χ4v) is 4.66. The molecule has 0 saturated carbocycles. The number of rotatable bonds is 6. The molecule has 10 heteroatoms. The average Bonchev–Trinajstić information content (AvgIpc) is 3.02. The summed E-state index contributed by atoms with van der Waals surface area (Å²) in [6.45, 7) is 2.03. The molecule has 4 N–H and O–H groups in total. The third kappa shape index (κ3) is 3.75. The molecule has 0 unspecified atom stereocenters. The minimum absolute atomic E-state index is 0.0487. The van der Waals surface area contributed by atoms with Crippen LogP contribution in [0.25, 0.3) is 0 Å². The predicted octanol–water partition coefficient (Wildman–Crippen LogP) is 1.33. The van der Waals surface area contributed by atoms with Gasteiger partial charge < -0.3 is 11.5 Å². The molecule has 2 heterocycles. The molecule has 8 nitrogen and oxygen atoms in total. The largest absolute Gasteiger partial charge is 0.383 e. The number of sulfonamides is 1. The van der Waals surface area contributed by atoms with Crippen LogP contribution in [0.5, 0.6) is 0 Å². The highest BCUT2D eigenvalue weighted by Gasteiger charge is 2.28. The normalized spacial score (nSPS) is 13.7. The number of anilines is 3. The second-order valence-corrected chi connectivity index (χ2v) is 8.90. The molecule has 0 bridgehead atoms. The topological polar surface area (TPSA) is 132 Å². The summed E-state index contributed by atoms with van der Waals surface area (Å²) in [6.07, 6.45) is 0.595. The molecule has 0 radical (unpaired) electrons. The summed E-state index contributed by atoms with van der Waals surface area (Å²) in [6, 6.07) is 6.56. The van der Waals surface area contributed by atoms with Crippen LogP contribution < -0.4 is 15.8 Å². The quantitative estimate of drug-likeness (QED) is 0.427. The summed E-state index contributed by atoms with van der Waals surface area (Å²) in [7, 11) is -3.29. The molecule has 138 valence electrons. The smallest absolute Gasteiger partial charge is 0.234 e. The molecular weight excluding hydrogens is 374 g/mol. The summed E-state index contributed by atoms with van der Waals surface area (Å²) in [4.78, 5) is 20.5. The Kier molecular flexibility index (Phi) is 5.05. The van der Waals surface area contributed by atoms with Gasteiger partial charge in [-0.15, -0.1) is 0 Å². The van der Waals surface area contributed by atoms with Crippen molar-refractivity contribution in [1.29, 1.82) is 0 Å². The number of hydrogen-bond donors (Lipinski definition) is 2. The molecule has 0 atom stereocenters. The van der Waals surface area contributed by atoms with Crippen LogP contribution in [-0.2, 0) is 16.4 Å². The zero-order chi connectivity index (χ0) is 18.9. The van der Waals surface area contributed by atoms with E-state index in [9.17, 15) is 13.2 Å². The number of fused-ring (bicyclic) bond motifs is 1. The maximum atomic E-state index is 12.5. The van der Waals surface area contributed by atoms with Gasteiger partial charge in [-0.2, -0.15) is 0 Å². The van der Waals surface area contributed by atoms with Gasteiger partial charge in [0.2, 0.25) is 10.0 Å². The molecule has 0 fully saturated rings. The van der Waals surface area contributed by atoms with E-state index in [0.29, 0.717) is 29.4 Å². The summed E-state index contributed by atoms with van der Waals surface area (Å²) in [5.74, 6) is 0.592. The van der Waals surface area contributed by atoms with Crippen LogP contribution in [0.2, 0.25) is 0 Å². The lowest BCUT2D eigenvalue weighted by Crippen LogP contribution is -2.30. The minimum atomic E-state index is -3.29. The zero-order valence-corrected chi connectivity index (χ0v) is 15.8. The molecule has 1 aromatic heterocycles. The highest BCUT2D eigenvalue weighted by atomic mass is 32.2. The lowest BCUT2D eigenvalue weighted by molar-refractivity contribution is 0.102. The molecule has 26 heavy (non-hydrogen) atoms. The Morgan fingerprint density at radius 3 is 2.58 bits per heavy atom. The van der Waals surface area contributed by atoms with Gasteiger partial charge in [0.05, 0.1) is 17.2 Å². The number of thioether (sulfide) groups is 1. The fraction of sp³-hybridized carbons (Fsp3) is 0.312. The van der Waals surface area contributed by atoms with Gasteiger partial charge in [-0.3, -0.25) is 9.10 Å². The number of aromatic nitrogens is 2. The molecule has 3 rings (SSSR count). The van der Waals surface area contributed by atoms with Crippen LogP contribution in [0.15, 0.2) is 29.4 Å². The van der Waals surface area contributed by atoms with Crippen LogP contribution in [0.1, 0.15) is 22.8 Å². The van der Waals surface area contributed by atoms with E-state index in [1.165, 1.54) is 10.4 Å². The van der Waals surface area contributed by atoms with Crippen LogP contribution in [0.4, 0.5) is 17.3 Å². The number of nitrogens with zero attached hydrogens (tertiary/aromatic N) is 3. The van der Waals surface area contributed by atoms with Crippen LogP contribution >= 0.6 is 11.8 Å². The number of ketones is 1. The summed E-state index contributed by atoms with van der Waals surface area (Å²) in [5.41, 5.74) is 13.3. The van der Waals surface area contributed by atoms with Crippen molar-refractivity contribution >= 4 is 44.9 Å². The summed E-state index contributed by atoms with van der Waals surface area (Å²) >= 11 is 1.16. The molecule has 2 aromatic rings. The van der Waals surface area contributed by atoms with E-state index in [2.05, 4.69) is 9.97 Å². The van der Waals surface area contributed by atoms with Crippen molar-refractivity contribution in [3.8, 4) is 0 Å². The number of carbonyl (C=O) groups excluding carboxylic acids is 1. The highest BCUT2D eigenvalue weighted by molar-refractivity contribution is 7.99. The van der Waals surface area contributed by atoms with Crippen molar-refractivity contribution in [2.75, 3.05) is 33.8 Å². The van der Waals surface area contributed by atoms with Crippen LogP contribution in [-0.4, -0.2) is 42.2 Å². The Morgan fingerprint density at radius 2 is 1.92 bits per heavy atom. The lowest BCUT2D eigenvalue weighted by Gasteiger charge is -2.18. The molecule has 0 aliphatic carbocycles. The Bertz CT molecular complexity index is 942. The van der Waals surface area contributed by atoms with E-state index in [1.54, 1.807) is 25.1 Å². The first-order chi connectivity index (χ1) is 12.3. The van der Waals surface area contributed by atoms with E-state index in [4.69, 9.17) is 11.5 Å². The van der Waals surface area contributed by atoms with Gasteiger partial charge in [-0.1, -0.05) is 11.8 Å². The van der Waals surface area contributed by atoms with Crippen molar-refractivity contribution < 1.29 is 13.2 Å². The SMILES string of the molecule is CCS(=O)(=O)N1CCc2cc(C(=O)CSc3nc(N)cc(N)n3)ccc21. The lowest BCUT2D eigenvalue weighted by atomic mass is 10.1. The zero-order valence-electron chi connectivity index (χ0n) is 14.2. The fourth-order valence-electron chi connectivity index (χ4n) is 2.73. The van der Waals surface area contributed by atoms with E-state index >= 15 is 0 Å².